The maximum absolute atomic E-state index is 13.9. The van der Waals surface area contributed by atoms with Gasteiger partial charge in [-0.2, -0.15) is 0 Å². The molecule has 1 aromatic heterocycles. The van der Waals surface area contributed by atoms with Gasteiger partial charge in [0.05, 0.1) is 25.4 Å². The molecule has 1 aromatic carbocycles. The number of amides is 1. The lowest BCUT2D eigenvalue weighted by atomic mass is 10.0. The molecule has 136 valence electrons. The Bertz CT molecular complexity index is 830. The highest BCUT2D eigenvalue weighted by molar-refractivity contribution is 7.14. The first-order valence-electron chi connectivity index (χ1n) is 8.40. The van der Waals surface area contributed by atoms with Crippen LogP contribution < -0.4 is 10.1 Å². The lowest BCUT2D eigenvalue weighted by Crippen LogP contribution is -2.47. The normalized spacial score (nSPS) is 17.5. The summed E-state index contributed by atoms with van der Waals surface area (Å²) in [5.74, 6) is 2.25. The van der Waals surface area contributed by atoms with Gasteiger partial charge in [0.25, 0.3) is 0 Å². The maximum Gasteiger partial charge on any atom is 0.243 e. The summed E-state index contributed by atoms with van der Waals surface area (Å²) in [4.78, 5) is 19.0. The summed E-state index contributed by atoms with van der Waals surface area (Å²) in [5, 5.41) is 5.15. The number of likely N-dealkylation sites (tertiary alicyclic amines) is 1. The summed E-state index contributed by atoms with van der Waals surface area (Å²) in [5.41, 5.74) is 1.24. The minimum Gasteiger partial charge on any atom is -0.494 e. The first-order chi connectivity index (χ1) is 12.6. The number of hydrogen-bond donors (Lipinski definition) is 1. The van der Waals surface area contributed by atoms with Gasteiger partial charge in [0, 0.05) is 10.9 Å². The van der Waals surface area contributed by atoms with Crippen LogP contribution in [-0.4, -0.2) is 42.0 Å². The molecule has 1 unspecified atom stereocenters. The Kier molecular flexibility index (Phi) is 5.86. The molecule has 1 atom stereocenters. The maximum atomic E-state index is 13.9. The topological polar surface area (TPSA) is 54.5 Å². The van der Waals surface area contributed by atoms with Crippen molar-refractivity contribution in [2.75, 3.05) is 25.5 Å². The van der Waals surface area contributed by atoms with Crippen LogP contribution in [-0.2, 0) is 4.79 Å². The minimum atomic E-state index is -0.448. The molecule has 0 saturated carbocycles. The number of piperidine rings is 1. The van der Waals surface area contributed by atoms with Crippen molar-refractivity contribution in [1.29, 1.82) is 0 Å². The molecule has 2 aromatic rings. The first-order valence-corrected chi connectivity index (χ1v) is 9.28. The van der Waals surface area contributed by atoms with E-state index in [2.05, 4.69) is 16.2 Å². The minimum absolute atomic E-state index is 0.0956. The van der Waals surface area contributed by atoms with Gasteiger partial charge in [-0.1, -0.05) is 12.3 Å². The highest BCUT2D eigenvalue weighted by Crippen LogP contribution is 2.29. The van der Waals surface area contributed by atoms with Crippen molar-refractivity contribution in [2.45, 2.75) is 25.3 Å². The second kappa shape index (κ2) is 8.30. The van der Waals surface area contributed by atoms with Crippen LogP contribution in [0.4, 0.5) is 9.52 Å². The van der Waals surface area contributed by atoms with Crippen molar-refractivity contribution in [1.82, 2.24) is 9.88 Å². The van der Waals surface area contributed by atoms with Crippen molar-refractivity contribution in [3.8, 4) is 29.4 Å². The predicted molar refractivity (Wildman–Crippen MR) is 101 cm³/mol. The Morgan fingerprint density at radius 2 is 2.38 bits per heavy atom. The van der Waals surface area contributed by atoms with Crippen LogP contribution in [0.25, 0.3) is 11.3 Å². The van der Waals surface area contributed by atoms with E-state index in [0.29, 0.717) is 22.9 Å². The van der Waals surface area contributed by atoms with E-state index >= 15 is 0 Å². The summed E-state index contributed by atoms with van der Waals surface area (Å²) >= 11 is 1.31. The van der Waals surface area contributed by atoms with Crippen LogP contribution >= 0.6 is 11.3 Å². The zero-order valence-corrected chi connectivity index (χ0v) is 15.3. The number of ether oxygens (including phenoxy) is 1. The molecule has 7 heteroatoms. The van der Waals surface area contributed by atoms with Gasteiger partial charge in [0.2, 0.25) is 5.91 Å². The van der Waals surface area contributed by atoms with E-state index < -0.39 is 5.82 Å². The molecule has 3 rings (SSSR count). The number of anilines is 1. The highest BCUT2D eigenvalue weighted by atomic mass is 32.1. The van der Waals surface area contributed by atoms with E-state index in [4.69, 9.17) is 11.2 Å². The lowest BCUT2D eigenvalue weighted by molar-refractivity contribution is -0.122. The number of thiazole rings is 1. The molecular weight excluding hydrogens is 353 g/mol. The molecule has 0 bridgehead atoms. The van der Waals surface area contributed by atoms with Crippen LogP contribution in [0.15, 0.2) is 23.6 Å². The number of carbonyl (C=O) groups is 1. The van der Waals surface area contributed by atoms with Crippen molar-refractivity contribution >= 4 is 22.4 Å². The van der Waals surface area contributed by atoms with Crippen LogP contribution in [0.1, 0.15) is 19.3 Å². The standard InChI is InChI=1S/C19H20FN3O2S/c1-3-9-23-10-5-4-6-16(23)18(24)22-19-21-15(12-26-19)13-7-8-17(25-2)14(20)11-13/h1,7-8,11-12,16H,4-6,9-10H2,2H3,(H,21,22,24). The Morgan fingerprint density at radius 3 is 3.12 bits per heavy atom. The monoisotopic (exact) mass is 373 g/mol. The molecule has 1 fully saturated rings. The molecule has 1 amide bonds. The van der Waals surface area contributed by atoms with Crippen molar-refractivity contribution in [3.05, 3.63) is 29.4 Å². The molecule has 0 radical (unpaired) electrons. The zero-order chi connectivity index (χ0) is 18.5. The average molecular weight is 373 g/mol. The first kappa shape index (κ1) is 18.4. The third kappa shape index (κ3) is 4.03. The molecule has 0 aliphatic carbocycles. The van der Waals surface area contributed by atoms with E-state index in [-0.39, 0.29) is 17.7 Å². The lowest BCUT2D eigenvalue weighted by Gasteiger charge is -2.32. The molecular formula is C19H20FN3O2S. The summed E-state index contributed by atoms with van der Waals surface area (Å²) in [6.07, 6.45) is 8.25. The summed E-state index contributed by atoms with van der Waals surface area (Å²) in [6, 6.07) is 4.43. The van der Waals surface area contributed by atoms with Gasteiger partial charge in [0.15, 0.2) is 16.7 Å². The summed E-state index contributed by atoms with van der Waals surface area (Å²) in [7, 11) is 1.42. The SMILES string of the molecule is C#CCN1CCCCC1C(=O)Nc1nc(-c2ccc(OC)c(F)c2)cs1. The predicted octanol–water partition coefficient (Wildman–Crippen LogP) is 3.38. The summed E-state index contributed by atoms with van der Waals surface area (Å²) in [6.45, 7) is 1.29. The fourth-order valence-electron chi connectivity index (χ4n) is 3.07. The average Bonchev–Trinajstić information content (AvgIpc) is 3.11. The second-order valence-corrected chi connectivity index (χ2v) is 6.92. The number of terminal acetylenes is 1. The molecule has 0 spiro atoms. The molecule has 2 heterocycles. The smallest absolute Gasteiger partial charge is 0.243 e. The fourth-order valence-corrected chi connectivity index (χ4v) is 3.80. The number of halogens is 1. The quantitative estimate of drug-likeness (QED) is 0.817. The van der Waals surface area contributed by atoms with E-state index in [1.807, 2.05) is 4.90 Å². The van der Waals surface area contributed by atoms with Gasteiger partial charge in [-0.15, -0.1) is 17.8 Å². The Morgan fingerprint density at radius 1 is 1.54 bits per heavy atom. The van der Waals surface area contributed by atoms with Crippen LogP contribution in [0, 0.1) is 18.2 Å². The van der Waals surface area contributed by atoms with Gasteiger partial charge in [-0.25, -0.2) is 9.37 Å². The van der Waals surface area contributed by atoms with Crippen molar-refractivity contribution in [2.24, 2.45) is 0 Å². The van der Waals surface area contributed by atoms with Crippen molar-refractivity contribution < 1.29 is 13.9 Å². The van der Waals surface area contributed by atoms with Gasteiger partial charge in [-0.3, -0.25) is 9.69 Å². The number of hydrogen-bond acceptors (Lipinski definition) is 5. The highest BCUT2D eigenvalue weighted by Gasteiger charge is 2.28. The Balaban J connectivity index is 1.71. The van der Waals surface area contributed by atoms with Gasteiger partial charge in [0.1, 0.15) is 0 Å². The molecule has 1 aliphatic heterocycles. The number of rotatable bonds is 5. The summed E-state index contributed by atoms with van der Waals surface area (Å²) < 4.78 is 18.8. The van der Waals surface area contributed by atoms with Crippen LogP contribution in [0.2, 0.25) is 0 Å². The van der Waals surface area contributed by atoms with E-state index in [9.17, 15) is 9.18 Å². The largest absolute Gasteiger partial charge is 0.494 e. The molecule has 26 heavy (non-hydrogen) atoms. The third-order valence-electron chi connectivity index (χ3n) is 4.39. The molecule has 1 aliphatic rings. The van der Waals surface area contributed by atoms with Crippen LogP contribution in [0.5, 0.6) is 5.75 Å². The second-order valence-electron chi connectivity index (χ2n) is 6.06. The van der Waals surface area contributed by atoms with E-state index in [1.165, 1.54) is 24.5 Å². The number of benzene rings is 1. The van der Waals surface area contributed by atoms with Crippen molar-refractivity contribution in [3.63, 3.8) is 0 Å². The number of nitrogens with zero attached hydrogens (tertiary/aromatic N) is 2. The third-order valence-corrected chi connectivity index (χ3v) is 5.15. The van der Waals surface area contributed by atoms with Crippen LogP contribution in [0.3, 0.4) is 0 Å². The number of aromatic nitrogens is 1. The number of carbonyl (C=O) groups excluding carboxylic acids is 1. The molecule has 1 saturated heterocycles. The van der Waals surface area contributed by atoms with E-state index in [1.54, 1.807) is 17.5 Å². The molecule has 5 nitrogen and oxygen atoms in total. The van der Waals surface area contributed by atoms with Gasteiger partial charge in [-0.05, 0) is 37.6 Å². The van der Waals surface area contributed by atoms with Gasteiger partial charge >= 0.3 is 0 Å². The van der Waals surface area contributed by atoms with Gasteiger partial charge < -0.3 is 10.1 Å². The fraction of sp³-hybridized carbons (Fsp3) is 0.368. The number of nitrogens with one attached hydrogen (secondary N) is 1. The number of methoxy groups -OCH3 is 1. The Labute approximate surface area is 156 Å². The molecule has 1 N–H and O–H groups in total. The Hall–Kier alpha value is -2.43. The van der Waals surface area contributed by atoms with E-state index in [0.717, 1.165) is 25.8 Å². The zero-order valence-electron chi connectivity index (χ0n) is 14.5.